The molecular weight excluding hydrogens is 1640 g/mol. The lowest BCUT2D eigenvalue weighted by Crippen LogP contribution is -2.63. The summed E-state index contributed by atoms with van der Waals surface area (Å²) in [6, 6.07) is 9.53. The van der Waals surface area contributed by atoms with Gasteiger partial charge in [-0.05, 0) is 121 Å². The van der Waals surface area contributed by atoms with E-state index in [1.54, 1.807) is 0 Å². The van der Waals surface area contributed by atoms with Crippen molar-refractivity contribution < 1.29 is 223 Å². The van der Waals surface area contributed by atoms with Crippen molar-refractivity contribution in [2.75, 3.05) is 6.61 Å². The number of hydrogen-bond donors (Lipinski definition) is 25. The van der Waals surface area contributed by atoms with Gasteiger partial charge in [-0.15, -0.1) is 0 Å². The monoisotopic (exact) mass is 1700 g/mol. The molecule has 25 N–H and O–H groups in total. The van der Waals surface area contributed by atoms with Gasteiger partial charge in [0.2, 0.25) is 41.1 Å². The van der Waals surface area contributed by atoms with Crippen LogP contribution in [0.15, 0.2) is 128 Å². The van der Waals surface area contributed by atoms with Crippen molar-refractivity contribution in [1.82, 2.24) is 0 Å². The average Bonchev–Trinajstić information content (AvgIpc) is 0.762. The van der Waals surface area contributed by atoms with Crippen molar-refractivity contribution >= 4 is 59.5 Å². The summed E-state index contributed by atoms with van der Waals surface area (Å²) in [6.07, 6.45) is -14.9. The summed E-state index contributed by atoms with van der Waals surface area (Å²) in [5.74, 6) is -53.5. The molecule has 1 heterocycles. The Morgan fingerprint density at radius 3 is 0.689 bits per heavy atom. The third kappa shape index (κ3) is 17.6. The predicted octanol–water partition coefficient (Wildman–Crippen LogP) is 5.67. The van der Waals surface area contributed by atoms with Crippen LogP contribution in [0.4, 0.5) is 0 Å². The van der Waals surface area contributed by atoms with E-state index in [2.05, 4.69) is 6.58 Å². The van der Waals surface area contributed by atoms with Crippen molar-refractivity contribution in [1.29, 1.82) is 0 Å². The first-order valence-electron chi connectivity index (χ1n) is 33.3. The zero-order valence-corrected chi connectivity index (χ0v) is 60.2. The molecule has 1 fully saturated rings. The Labute approximate surface area is 673 Å². The van der Waals surface area contributed by atoms with E-state index in [-0.39, 0.29) is 5.56 Å². The molecule has 45 heteroatoms. The molecule has 0 saturated carbocycles. The van der Waals surface area contributed by atoms with Crippen LogP contribution in [0, 0.1) is 0 Å². The number of hydrogen-bond acceptors (Lipinski definition) is 45. The van der Waals surface area contributed by atoms with Gasteiger partial charge in [0.05, 0.1) is 50.1 Å². The first-order valence-corrected chi connectivity index (χ1v) is 33.3. The number of phenols is 25. The van der Waals surface area contributed by atoms with Gasteiger partial charge >= 0.3 is 53.7 Å². The van der Waals surface area contributed by atoms with Gasteiger partial charge in [0.15, 0.2) is 156 Å². The number of ether oxygens (including phenoxy) is 11. The Morgan fingerprint density at radius 2 is 0.426 bits per heavy atom. The molecule has 45 nitrogen and oxygen atoms in total. The van der Waals surface area contributed by atoms with Crippen molar-refractivity contribution in [3.63, 3.8) is 0 Å². The van der Waals surface area contributed by atoms with Crippen molar-refractivity contribution in [2.45, 2.75) is 30.7 Å². The summed E-state index contributed by atoms with van der Waals surface area (Å²) >= 11 is 0. The molecule has 0 amide bonds. The van der Waals surface area contributed by atoms with Gasteiger partial charge in [-0.3, -0.25) is 0 Å². The minimum atomic E-state index is -3.09. The summed E-state index contributed by atoms with van der Waals surface area (Å²) in [6.45, 7) is 1.91. The summed E-state index contributed by atoms with van der Waals surface area (Å²) in [4.78, 5) is 129. The van der Waals surface area contributed by atoms with E-state index in [0.29, 0.717) is 109 Å². The molecule has 10 aromatic carbocycles. The normalized spacial score (nSPS) is 14.6. The van der Waals surface area contributed by atoms with Crippen LogP contribution >= 0.6 is 0 Å². The number of benzene rings is 10. The lowest BCUT2D eigenvalue weighted by atomic mass is 9.97. The highest BCUT2D eigenvalue weighted by Crippen LogP contribution is 2.48. The van der Waals surface area contributed by atoms with Crippen LogP contribution in [0.2, 0.25) is 0 Å². The minimum absolute atomic E-state index is 0.315. The van der Waals surface area contributed by atoms with E-state index in [9.17, 15) is 156 Å². The van der Waals surface area contributed by atoms with Crippen LogP contribution in [0.3, 0.4) is 0 Å². The second-order valence-electron chi connectivity index (χ2n) is 25.3. The number of rotatable bonds is 22. The summed E-state index contributed by atoms with van der Waals surface area (Å²) < 4.78 is 61.1. The number of carbonyl (C=O) groups excluding carboxylic acids is 9. The molecule has 5 atom stereocenters. The summed E-state index contributed by atoms with van der Waals surface area (Å²) in [5.41, 5.74) is -9.21. The first-order chi connectivity index (χ1) is 57.4. The highest BCUT2D eigenvalue weighted by molar-refractivity contribution is 5.99. The molecule has 1 saturated heterocycles. The second kappa shape index (κ2) is 33.4. The molecular formula is C77H54O45. The summed E-state index contributed by atoms with van der Waals surface area (Å²) in [7, 11) is 0. The molecule has 1 aliphatic heterocycles. The van der Waals surface area contributed by atoms with Gasteiger partial charge in [-0.25, -0.2) is 43.2 Å². The molecule has 0 spiro atoms. The number of aromatic hydroxyl groups is 25. The van der Waals surface area contributed by atoms with Crippen LogP contribution < -0.4 is 23.7 Å². The maximum atomic E-state index is 15.3. The second-order valence-corrected chi connectivity index (χ2v) is 25.3. The Hall–Kier alpha value is -18.1. The fraction of sp³-hybridized carbons (Fsp3) is 0.0779. The number of carbonyl (C=O) groups is 9. The van der Waals surface area contributed by atoms with Crippen LogP contribution in [0.25, 0.3) is 5.76 Å². The minimum Gasteiger partial charge on any atom is -0.504 e. The zero-order valence-electron chi connectivity index (χ0n) is 60.2. The van der Waals surface area contributed by atoms with Gasteiger partial charge in [0, 0.05) is 5.56 Å². The third-order valence-electron chi connectivity index (χ3n) is 17.0. The Morgan fingerprint density at radius 1 is 0.230 bits per heavy atom. The number of phenolic OH excluding ortho intramolecular Hbond substituents is 25. The van der Waals surface area contributed by atoms with Crippen LogP contribution in [-0.2, 0) is 28.4 Å². The molecule has 0 unspecified atom stereocenters. The molecule has 0 radical (unpaired) electrons. The first kappa shape index (κ1) is 84.8. The maximum Gasteiger partial charge on any atom is 0.343 e. The van der Waals surface area contributed by atoms with E-state index in [1.165, 1.54) is 0 Å². The van der Waals surface area contributed by atoms with Crippen LogP contribution in [-0.4, -0.2) is 219 Å². The SMILES string of the molecule is C=C(Oc1cc(C(=O)O[C@H]2[C@H](OC(=O)c3cc(O)c(O)c(OC(=O)c4cc(O)c(O)c(O)c4)c3)[C@@H](OC(=O)c3cc(O)c(O)c(OC(=O)c4cc(O)c(O)c(O)c4)c3)[C@H](OC(=O)c3cc(O)c(O)c(OC(=O)c4cc(O)c(O)c(O)c4)c3)O[C@@H]2COC(=O)c2cc(O)c(O)c(OC(=O)c3cc(O)c(O)c(O)c3)c2)cc(O)c1O)c1cc(O)c(O)c(O)c1. The van der Waals surface area contributed by atoms with Crippen molar-refractivity contribution in [3.05, 3.63) is 184 Å². The van der Waals surface area contributed by atoms with E-state index < -0.39 is 319 Å². The van der Waals surface area contributed by atoms with Gasteiger partial charge < -0.3 is 180 Å². The largest absolute Gasteiger partial charge is 0.504 e. The van der Waals surface area contributed by atoms with Gasteiger partial charge in [0.1, 0.15) is 18.5 Å². The lowest BCUT2D eigenvalue weighted by Gasteiger charge is -2.43. The standard InChI is InChI=1S/C77H54O45/c1-23(24-2-34(78)55(93)35(79)3-24)113-49-18-30(13-45(89)60(49)98)73(108)119-65-54(22-112-68(103)29-12-44(88)61(99)50(17-29)114-69(104)25-4-36(80)56(94)37(81)5-25)118-77(122-76(111)33-16-48(92)64(102)53(21-33)117-72(107)28-10-42(86)59(97)43(87)11-28)67(121-75(110)32-15-47(91)63(101)52(20-32)116-71(106)27-8-40(84)58(96)41(85)9-27)66(65)120-74(109)31-14-46(90)62(100)51(19-31)115-70(105)26-6-38(82)57(95)39(83)7-26/h2-21,54,65-67,77-102H,1,22H2/t54-,65-,66+,67-,77+/m1/s1. The molecule has 0 aromatic heterocycles. The maximum absolute atomic E-state index is 15.3. The summed E-state index contributed by atoms with van der Waals surface area (Å²) in [5, 5.41) is 262. The molecule has 11 rings (SSSR count). The molecule has 122 heavy (non-hydrogen) atoms. The predicted molar refractivity (Wildman–Crippen MR) is 388 cm³/mol. The Balaban J connectivity index is 1.09. The van der Waals surface area contributed by atoms with Crippen LogP contribution in [0.1, 0.15) is 98.8 Å². The molecule has 0 bridgehead atoms. The quantitative estimate of drug-likeness (QED) is 0.0128. The molecule has 10 aromatic rings. The highest BCUT2D eigenvalue weighted by atomic mass is 16.8. The Kier molecular flexibility index (Phi) is 23.2. The average molecular weight is 1700 g/mol. The van der Waals surface area contributed by atoms with E-state index >= 15 is 14.4 Å². The zero-order chi connectivity index (χ0) is 89.4. The van der Waals surface area contributed by atoms with Crippen molar-refractivity contribution in [2.24, 2.45) is 0 Å². The molecule has 1 aliphatic rings. The molecule has 0 aliphatic carbocycles. The third-order valence-corrected chi connectivity index (χ3v) is 17.0. The lowest BCUT2D eigenvalue weighted by molar-refractivity contribution is -0.282. The Bertz CT molecular complexity index is 5970. The highest BCUT2D eigenvalue weighted by Gasteiger charge is 2.55. The smallest absolute Gasteiger partial charge is 0.343 e. The fourth-order valence-corrected chi connectivity index (χ4v) is 10.9. The van der Waals surface area contributed by atoms with Gasteiger partial charge in [-0.1, -0.05) is 6.58 Å². The van der Waals surface area contributed by atoms with Crippen LogP contribution in [0.5, 0.6) is 172 Å². The molecule has 632 valence electrons. The van der Waals surface area contributed by atoms with Crippen molar-refractivity contribution in [3.8, 4) is 172 Å². The number of esters is 9. The topological polar surface area (TPSA) is 761 Å². The fourth-order valence-electron chi connectivity index (χ4n) is 10.9. The van der Waals surface area contributed by atoms with Gasteiger partial charge in [-0.2, -0.15) is 0 Å². The van der Waals surface area contributed by atoms with E-state index in [4.69, 9.17) is 52.1 Å². The van der Waals surface area contributed by atoms with E-state index in [1.807, 2.05) is 0 Å². The van der Waals surface area contributed by atoms with Gasteiger partial charge in [0.25, 0.3) is 0 Å². The van der Waals surface area contributed by atoms with E-state index in [0.717, 1.165) is 12.1 Å².